The first kappa shape index (κ1) is 27.5. The molecule has 3 aromatic rings. The Balaban J connectivity index is 1.82. The van der Waals surface area contributed by atoms with Gasteiger partial charge in [-0.25, -0.2) is 0 Å². The Morgan fingerprint density at radius 1 is 0.833 bits per heavy atom. The van der Waals surface area contributed by atoms with Gasteiger partial charge in [0.25, 0.3) is 0 Å². The fourth-order valence-electron chi connectivity index (χ4n) is 3.90. The van der Waals surface area contributed by atoms with Gasteiger partial charge in [0.15, 0.2) is 0 Å². The second-order valence-electron chi connectivity index (χ2n) is 9.76. The van der Waals surface area contributed by atoms with Crippen LogP contribution in [0, 0.1) is 19.8 Å². The Hall–Kier alpha value is -3.05. The van der Waals surface area contributed by atoms with Crippen LogP contribution < -0.4 is 5.32 Å². The van der Waals surface area contributed by atoms with Gasteiger partial charge in [0.1, 0.15) is 6.04 Å². The summed E-state index contributed by atoms with van der Waals surface area (Å²) in [5.41, 5.74) is 4.45. The van der Waals surface area contributed by atoms with Crippen LogP contribution in [0.25, 0.3) is 0 Å². The maximum Gasteiger partial charge on any atom is 0.243 e. The lowest BCUT2D eigenvalue weighted by molar-refractivity contribution is -0.141. The molecule has 0 aliphatic carbocycles. The van der Waals surface area contributed by atoms with Crippen molar-refractivity contribution in [2.45, 2.75) is 58.0 Å². The number of hydrogen-bond donors (Lipinski definition) is 1. The van der Waals surface area contributed by atoms with E-state index in [1.807, 2.05) is 49.4 Å². The molecular weight excluding hydrogens is 464 g/mol. The van der Waals surface area contributed by atoms with Crippen molar-refractivity contribution >= 4 is 23.6 Å². The number of thioether (sulfide) groups is 1. The number of amides is 2. The van der Waals surface area contributed by atoms with Crippen molar-refractivity contribution in [1.29, 1.82) is 0 Å². The van der Waals surface area contributed by atoms with Crippen LogP contribution in [0.1, 0.15) is 42.5 Å². The maximum atomic E-state index is 13.7. The summed E-state index contributed by atoms with van der Waals surface area (Å²) in [5, 5.41) is 3.08. The number of benzene rings is 3. The van der Waals surface area contributed by atoms with Crippen molar-refractivity contribution in [3.05, 3.63) is 101 Å². The average Bonchev–Trinajstić information content (AvgIpc) is 2.87. The monoisotopic (exact) mass is 502 g/mol. The number of rotatable bonds is 12. The quantitative estimate of drug-likeness (QED) is 0.300. The van der Waals surface area contributed by atoms with E-state index in [1.165, 1.54) is 11.1 Å². The van der Waals surface area contributed by atoms with Gasteiger partial charge < -0.3 is 10.2 Å². The lowest BCUT2D eigenvalue weighted by Gasteiger charge is -2.32. The predicted octanol–water partition coefficient (Wildman–Crippen LogP) is 6.20. The molecule has 0 bridgehead atoms. The smallest absolute Gasteiger partial charge is 0.243 e. The highest BCUT2D eigenvalue weighted by atomic mass is 32.2. The van der Waals surface area contributed by atoms with E-state index in [1.54, 1.807) is 16.7 Å². The molecule has 0 heterocycles. The van der Waals surface area contributed by atoms with Crippen molar-refractivity contribution in [3.63, 3.8) is 0 Å². The number of nitrogens with one attached hydrogen (secondary N) is 1. The lowest BCUT2D eigenvalue weighted by Crippen LogP contribution is -2.51. The van der Waals surface area contributed by atoms with Crippen LogP contribution in [0.3, 0.4) is 0 Å². The highest BCUT2D eigenvalue weighted by Gasteiger charge is 2.30. The molecule has 2 amide bonds. The van der Waals surface area contributed by atoms with Crippen LogP contribution in [0.2, 0.25) is 0 Å². The van der Waals surface area contributed by atoms with Crippen LogP contribution in [0.5, 0.6) is 0 Å². The molecule has 0 saturated carbocycles. The standard InChI is InChI=1S/C31H38N2O2S/c1-23(2)21-32-31(35)29(20-26-8-6-5-7-9-26)33(22-27-14-10-24(3)11-15-27)30(34)18-19-36-28-16-12-25(4)13-17-28/h5-17,23,29H,18-22H2,1-4H3,(H,32,35)/t29-/m0/s1. The molecule has 0 radical (unpaired) electrons. The van der Waals surface area contributed by atoms with Gasteiger partial charge in [-0.3, -0.25) is 9.59 Å². The first-order chi connectivity index (χ1) is 17.3. The molecule has 0 unspecified atom stereocenters. The van der Waals surface area contributed by atoms with Crippen LogP contribution in [0.15, 0.2) is 83.8 Å². The summed E-state index contributed by atoms with van der Waals surface area (Å²) in [4.78, 5) is 30.1. The lowest BCUT2D eigenvalue weighted by atomic mass is 10.0. The van der Waals surface area contributed by atoms with E-state index >= 15 is 0 Å². The van der Waals surface area contributed by atoms with Gasteiger partial charge in [0, 0.05) is 36.6 Å². The third-order valence-corrected chi connectivity index (χ3v) is 7.05. The molecule has 1 atom stereocenters. The van der Waals surface area contributed by atoms with Gasteiger partial charge in [-0.05, 0) is 43.0 Å². The molecule has 0 aliphatic rings. The highest BCUT2D eigenvalue weighted by molar-refractivity contribution is 7.99. The number of nitrogens with zero attached hydrogens (tertiary/aromatic N) is 1. The zero-order chi connectivity index (χ0) is 25.9. The molecule has 0 aromatic heterocycles. The minimum absolute atomic E-state index is 0.00388. The summed E-state index contributed by atoms with van der Waals surface area (Å²) >= 11 is 1.67. The Labute approximate surface area is 220 Å². The second kappa shape index (κ2) is 13.9. The Kier molecular flexibility index (Phi) is 10.6. The SMILES string of the molecule is Cc1ccc(CN(C(=O)CCSc2ccc(C)cc2)[C@@H](Cc2ccccc2)C(=O)NCC(C)C)cc1. The van der Waals surface area contributed by atoms with E-state index in [0.29, 0.717) is 37.6 Å². The molecular formula is C31H38N2O2S. The van der Waals surface area contributed by atoms with E-state index in [9.17, 15) is 9.59 Å². The Morgan fingerprint density at radius 2 is 1.44 bits per heavy atom. The van der Waals surface area contributed by atoms with E-state index in [-0.39, 0.29) is 11.8 Å². The summed E-state index contributed by atoms with van der Waals surface area (Å²) in [7, 11) is 0. The Morgan fingerprint density at radius 3 is 2.06 bits per heavy atom. The summed E-state index contributed by atoms with van der Waals surface area (Å²) < 4.78 is 0. The number of carbonyl (C=O) groups is 2. The summed E-state index contributed by atoms with van der Waals surface area (Å²) in [6.07, 6.45) is 0.848. The zero-order valence-corrected chi connectivity index (χ0v) is 22.7. The molecule has 0 saturated heterocycles. The summed E-state index contributed by atoms with van der Waals surface area (Å²) in [6, 6.07) is 25.9. The van der Waals surface area contributed by atoms with Crippen molar-refractivity contribution < 1.29 is 9.59 Å². The van der Waals surface area contributed by atoms with Crippen LogP contribution in [-0.2, 0) is 22.6 Å². The van der Waals surface area contributed by atoms with Crippen molar-refractivity contribution in [2.24, 2.45) is 5.92 Å². The minimum Gasteiger partial charge on any atom is -0.354 e. The van der Waals surface area contributed by atoms with Gasteiger partial charge in [0.2, 0.25) is 11.8 Å². The van der Waals surface area contributed by atoms with Gasteiger partial charge >= 0.3 is 0 Å². The molecule has 36 heavy (non-hydrogen) atoms. The number of aryl methyl sites for hydroxylation is 2. The highest BCUT2D eigenvalue weighted by Crippen LogP contribution is 2.21. The first-order valence-electron chi connectivity index (χ1n) is 12.7. The largest absolute Gasteiger partial charge is 0.354 e. The molecule has 0 aliphatic heterocycles. The van der Waals surface area contributed by atoms with E-state index < -0.39 is 6.04 Å². The average molecular weight is 503 g/mol. The second-order valence-corrected chi connectivity index (χ2v) is 10.9. The first-order valence-corrected chi connectivity index (χ1v) is 13.7. The number of hydrogen-bond acceptors (Lipinski definition) is 3. The number of carbonyl (C=O) groups excluding carboxylic acids is 2. The van der Waals surface area contributed by atoms with Crippen molar-refractivity contribution in [3.8, 4) is 0 Å². The summed E-state index contributed by atoms with van der Waals surface area (Å²) in [5.74, 6) is 0.895. The Bertz CT molecular complexity index is 1100. The molecule has 1 N–H and O–H groups in total. The summed E-state index contributed by atoms with van der Waals surface area (Å²) in [6.45, 7) is 9.25. The van der Waals surface area contributed by atoms with Gasteiger partial charge in [-0.15, -0.1) is 11.8 Å². The molecule has 4 nitrogen and oxygen atoms in total. The van der Waals surface area contributed by atoms with Gasteiger partial charge in [-0.1, -0.05) is 91.7 Å². The van der Waals surface area contributed by atoms with E-state index in [0.717, 1.165) is 16.0 Å². The topological polar surface area (TPSA) is 49.4 Å². The zero-order valence-electron chi connectivity index (χ0n) is 21.9. The molecule has 0 spiro atoms. The molecule has 0 fully saturated rings. The van der Waals surface area contributed by atoms with Crippen LogP contribution >= 0.6 is 11.8 Å². The third-order valence-electron chi connectivity index (χ3n) is 6.03. The third kappa shape index (κ3) is 8.87. The fraction of sp³-hybridized carbons (Fsp3) is 0.355. The predicted molar refractivity (Wildman–Crippen MR) is 150 cm³/mol. The fourth-order valence-corrected chi connectivity index (χ4v) is 4.74. The van der Waals surface area contributed by atoms with E-state index in [2.05, 4.69) is 62.5 Å². The molecule has 3 rings (SSSR count). The normalized spacial score (nSPS) is 11.8. The molecule has 5 heteroatoms. The van der Waals surface area contributed by atoms with Crippen molar-refractivity contribution in [1.82, 2.24) is 10.2 Å². The van der Waals surface area contributed by atoms with Crippen molar-refractivity contribution in [2.75, 3.05) is 12.3 Å². The van der Waals surface area contributed by atoms with Gasteiger partial charge in [0.05, 0.1) is 0 Å². The van der Waals surface area contributed by atoms with Crippen LogP contribution in [0.4, 0.5) is 0 Å². The van der Waals surface area contributed by atoms with Crippen LogP contribution in [-0.4, -0.2) is 35.1 Å². The van der Waals surface area contributed by atoms with Gasteiger partial charge in [-0.2, -0.15) is 0 Å². The molecule has 190 valence electrons. The van der Waals surface area contributed by atoms with E-state index in [4.69, 9.17) is 0 Å². The minimum atomic E-state index is -0.579. The maximum absolute atomic E-state index is 13.7. The molecule has 3 aromatic carbocycles.